The van der Waals surface area contributed by atoms with Crippen LogP contribution >= 0.6 is 0 Å². The van der Waals surface area contributed by atoms with Crippen molar-refractivity contribution < 1.29 is 4.39 Å². The highest BCUT2D eigenvalue weighted by Gasteiger charge is 2.19. The lowest BCUT2D eigenvalue weighted by molar-refractivity contribution is 0.348. The summed E-state index contributed by atoms with van der Waals surface area (Å²) >= 11 is 0. The van der Waals surface area contributed by atoms with Gasteiger partial charge in [0.25, 0.3) is 0 Å². The van der Waals surface area contributed by atoms with E-state index >= 15 is 0 Å². The average molecular weight is 317 g/mol. The van der Waals surface area contributed by atoms with Crippen molar-refractivity contribution >= 4 is 0 Å². The van der Waals surface area contributed by atoms with E-state index < -0.39 is 5.82 Å². The largest absolute Gasteiger partial charge is 0.206 e. The molecule has 0 unspecified atom stereocenters. The molecule has 2 heteroatoms. The van der Waals surface area contributed by atoms with Gasteiger partial charge in [0.05, 0.1) is 5.56 Å². The van der Waals surface area contributed by atoms with E-state index in [0.29, 0.717) is 11.5 Å². The molecule has 1 aliphatic carbocycles. The first-order chi connectivity index (χ1) is 11.7. The highest BCUT2D eigenvalue weighted by molar-refractivity contribution is 5.46. The van der Waals surface area contributed by atoms with Gasteiger partial charge >= 0.3 is 0 Å². The maximum absolute atomic E-state index is 13.6. The molecule has 0 aromatic heterocycles. The van der Waals surface area contributed by atoms with Gasteiger partial charge < -0.3 is 0 Å². The Balaban J connectivity index is 1.71. The van der Waals surface area contributed by atoms with E-state index in [0.717, 1.165) is 11.5 Å². The lowest BCUT2D eigenvalue weighted by Crippen LogP contribution is -2.10. The van der Waals surface area contributed by atoms with Gasteiger partial charge in [0.15, 0.2) is 0 Å². The first-order valence-electron chi connectivity index (χ1n) is 8.47. The number of benzene rings is 2. The van der Waals surface area contributed by atoms with E-state index in [1.54, 1.807) is 6.07 Å². The molecule has 0 saturated heterocycles. The Hall–Kier alpha value is -2.58. The average Bonchev–Trinajstić information content (AvgIpc) is 2.61. The van der Waals surface area contributed by atoms with Crippen molar-refractivity contribution in [3.05, 3.63) is 70.5 Å². The fourth-order valence-electron chi connectivity index (χ4n) is 3.26. The molecule has 1 nitrogen and oxygen atoms in total. The molecule has 0 bridgehead atoms. The smallest absolute Gasteiger partial charge is 0.142 e. The predicted molar refractivity (Wildman–Crippen MR) is 93.9 cm³/mol. The summed E-state index contributed by atoms with van der Waals surface area (Å²) in [5.74, 6) is 7.04. The molecule has 3 rings (SSSR count). The Labute approximate surface area is 143 Å². The van der Waals surface area contributed by atoms with Crippen molar-refractivity contribution in [1.29, 1.82) is 5.26 Å². The van der Waals surface area contributed by atoms with Crippen molar-refractivity contribution in [2.75, 3.05) is 0 Å². The second-order valence-corrected chi connectivity index (χ2v) is 6.64. The molecule has 120 valence electrons. The monoisotopic (exact) mass is 317 g/mol. The van der Waals surface area contributed by atoms with E-state index in [1.165, 1.54) is 43.4 Å². The molecule has 0 N–H and O–H groups in total. The third-order valence-corrected chi connectivity index (χ3v) is 4.84. The number of hydrogen-bond donors (Lipinski definition) is 0. The first kappa shape index (κ1) is 16.3. The van der Waals surface area contributed by atoms with Crippen molar-refractivity contribution in [3.8, 4) is 17.9 Å². The van der Waals surface area contributed by atoms with Gasteiger partial charge in [-0.3, -0.25) is 0 Å². The van der Waals surface area contributed by atoms with Gasteiger partial charge in [-0.15, -0.1) is 0 Å². The molecular formula is C22H20FN. The molecule has 1 aliphatic rings. The second kappa shape index (κ2) is 7.33. The van der Waals surface area contributed by atoms with Gasteiger partial charge in [0.2, 0.25) is 0 Å². The SMILES string of the molecule is CC1CCC(c2ccc(C#Cc3ccc(C#N)c(F)c3)cc2)CC1. The minimum absolute atomic E-state index is 0.0479. The standard InChI is InChI=1S/C22H20FN/c1-16-2-9-19(10-3-16)20-11-6-17(7-12-20)4-5-18-8-13-21(15-24)22(23)14-18/h6-8,11-14,16,19H,2-3,9-10H2,1H3. The van der Waals surface area contributed by atoms with Crippen LogP contribution in [0.5, 0.6) is 0 Å². The normalized spacial score (nSPS) is 19.9. The summed E-state index contributed by atoms with van der Waals surface area (Å²) < 4.78 is 13.6. The highest BCUT2D eigenvalue weighted by Crippen LogP contribution is 2.35. The third-order valence-electron chi connectivity index (χ3n) is 4.84. The maximum atomic E-state index is 13.6. The van der Waals surface area contributed by atoms with Crippen molar-refractivity contribution in [2.45, 2.75) is 38.5 Å². The molecular weight excluding hydrogens is 297 g/mol. The van der Waals surface area contributed by atoms with Gasteiger partial charge in [-0.25, -0.2) is 4.39 Å². The highest BCUT2D eigenvalue weighted by atomic mass is 19.1. The van der Waals surface area contributed by atoms with Crippen LogP contribution in [0.4, 0.5) is 4.39 Å². The zero-order valence-electron chi connectivity index (χ0n) is 13.8. The molecule has 0 heterocycles. The van der Waals surface area contributed by atoms with Gasteiger partial charge in [-0.05, 0) is 60.6 Å². The summed E-state index contributed by atoms with van der Waals surface area (Å²) in [6.07, 6.45) is 5.18. The van der Waals surface area contributed by atoms with E-state index in [1.807, 2.05) is 18.2 Å². The molecule has 0 radical (unpaired) electrons. The number of nitrogens with zero attached hydrogens (tertiary/aromatic N) is 1. The zero-order chi connectivity index (χ0) is 16.9. The Morgan fingerprint density at radius 3 is 2.17 bits per heavy atom. The topological polar surface area (TPSA) is 23.8 Å². The molecule has 1 fully saturated rings. The third kappa shape index (κ3) is 3.84. The van der Waals surface area contributed by atoms with Gasteiger partial charge in [-0.2, -0.15) is 5.26 Å². The van der Waals surface area contributed by atoms with Crippen LogP contribution in [0.15, 0.2) is 42.5 Å². The van der Waals surface area contributed by atoms with E-state index in [-0.39, 0.29) is 5.56 Å². The first-order valence-corrected chi connectivity index (χ1v) is 8.47. The molecule has 1 saturated carbocycles. The van der Waals surface area contributed by atoms with Crippen molar-refractivity contribution in [2.24, 2.45) is 5.92 Å². The lowest BCUT2D eigenvalue weighted by Gasteiger charge is -2.26. The van der Waals surface area contributed by atoms with Crippen LogP contribution in [0, 0.1) is 34.9 Å². The molecule has 0 aliphatic heterocycles. The fraction of sp³-hybridized carbons (Fsp3) is 0.318. The molecule has 2 aromatic rings. The number of rotatable bonds is 1. The summed E-state index contributed by atoms with van der Waals surface area (Å²) in [5.41, 5.74) is 2.95. The number of hydrogen-bond acceptors (Lipinski definition) is 1. The Kier molecular flexibility index (Phi) is 4.97. The molecule has 2 aromatic carbocycles. The van der Waals surface area contributed by atoms with Gasteiger partial charge in [-0.1, -0.05) is 43.7 Å². The molecule has 0 spiro atoms. The van der Waals surface area contributed by atoms with E-state index in [4.69, 9.17) is 5.26 Å². The Morgan fingerprint density at radius 1 is 0.917 bits per heavy atom. The van der Waals surface area contributed by atoms with Crippen LogP contribution in [-0.4, -0.2) is 0 Å². The van der Waals surface area contributed by atoms with Crippen LogP contribution in [0.25, 0.3) is 0 Å². The predicted octanol–water partition coefficient (Wildman–Crippen LogP) is 5.39. The molecule has 24 heavy (non-hydrogen) atoms. The molecule has 0 atom stereocenters. The Morgan fingerprint density at radius 2 is 1.54 bits per heavy atom. The van der Waals surface area contributed by atoms with Crippen molar-refractivity contribution in [1.82, 2.24) is 0 Å². The summed E-state index contributed by atoms with van der Waals surface area (Å²) in [6, 6.07) is 14.7. The zero-order valence-corrected chi connectivity index (χ0v) is 13.8. The van der Waals surface area contributed by atoms with Crippen LogP contribution in [0.3, 0.4) is 0 Å². The summed E-state index contributed by atoms with van der Waals surface area (Å²) in [4.78, 5) is 0. The van der Waals surface area contributed by atoms with Crippen LogP contribution in [0.1, 0.15) is 60.8 Å². The Bertz CT molecular complexity index is 810. The van der Waals surface area contributed by atoms with E-state index in [2.05, 4.69) is 30.9 Å². The summed E-state index contributed by atoms with van der Waals surface area (Å²) in [7, 11) is 0. The summed E-state index contributed by atoms with van der Waals surface area (Å²) in [6.45, 7) is 2.33. The quantitative estimate of drug-likeness (QED) is 0.647. The molecule has 0 amide bonds. The fourth-order valence-corrected chi connectivity index (χ4v) is 3.26. The van der Waals surface area contributed by atoms with Crippen LogP contribution < -0.4 is 0 Å². The second-order valence-electron chi connectivity index (χ2n) is 6.64. The minimum atomic E-state index is -0.522. The summed E-state index contributed by atoms with van der Waals surface area (Å²) in [5, 5.41) is 8.74. The van der Waals surface area contributed by atoms with Gasteiger partial charge in [0, 0.05) is 11.1 Å². The van der Waals surface area contributed by atoms with E-state index in [9.17, 15) is 4.39 Å². The number of nitriles is 1. The maximum Gasteiger partial charge on any atom is 0.142 e. The minimum Gasteiger partial charge on any atom is -0.206 e. The van der Waals surface area contributed by atoms with Crippen LogP contribution in [-0.2, 0) is 0 Å². The lowest BCUT2D eigenvalue weighted by atomic mass is 9.79. The number of halogens is 1. The van der Waals surface area contributed by atoms with Crippen LogP contribution in [0.2, 0.25) is 0 Å². The van der Waals surface area contributed by atoms with Gasteiger partial charge in [0.1, 0.15) is 11.9 Å². The van der Waals surface area contributed by atoms with Crippen molar-refractivity contribution in [3.63, 3.8) is 0 Å².